The van der Waals surface area contributed by atoms with Crippen molar-refractivity contribution in [2.45, 2.75) is 26.1 Å². The topological polar surface area (TPSA) is 0 Å². The van der Waals surface area contributed by atoms with Crippen LogP contribution in [0.3, 0.4) is 0 Å². The fraction of sp³-hybridized carbons (Fsp3) is 0.500. The van der Waals surface area contributed by atoms with E-state index in [0.29, 0.717) is 0 Å². The van der Waals surface area contributed by atoms with Gasteiger partial charge in [0.25, 0.3) is 0 Å². The molecule has 0 heterocycles. The van der Waals surface area contributed by atoms with Crippen molar-refractivity contribution >= 4 is 8.07 Å². The van der Waals surface area contributed by atoms with Crippen LogP contribution in [-0.2, 0) is 0 Å². The average molecular weight is 140 g/mol. The summed E-state index contributed by atoms with van der Waals surface area (Å²) in [6.07, 6.45) is 5.15. The first-order valence-electron chi connectivity index (χ1n) is 3.35. The first-order valence-corrected chi connectivity index (χ1v) is 6.92. The molecule has 0 N–H and O–H groups in total. The van der Waals surface area contributed by atoms with Crippen LogP contribution < -0.4 is 0 Å². The van der Waals surface area contributed by atoms with Crippen molar-refractivity contribution in [1.29, 1.82) is 0 Å². The number of rotatable bonds is 3. The summed E-state index contributed by atoms with van der Waals surface area (Å²) in [4.78, 5) is 0. The van der Waals surface area contributed by atoms with E-state index in [2.05, 4.69) is 38.0 Å². The van der Waals surface area contributed by atoms with E-state index in [-0.39, 0.29) is 0 Å². The van der Waals surface area contributed by atoms with Crippen LogP contribution in [0.5, 0.6) is 0 Å². The maximum atomic E-state index is 3.64. The standard InChI is InChI=1S/C8H16Si/c1-5-6-7-8-9(2,3)4/h5,7-8H,1,6H2,2-4H3/b8-7+. The van der Waals surface area contributed by atoms with Gasteiger partial charge < -0.3 is 0 Å². The Hall–Kier alpha value is -0.303. The van der Waals surface area contributed by atoms with Crippen LogP contribution in [0.4, 0.5) is 0 Å². The van der Waals surface area contributed by atoms with E-state index in [9.17, 15) is 0 Å². The molecule has 0 aliphatic heterocycles. The van der Waals surface area contributed by atoms with Crippen molar-refractivity contribution < 1.29 is 0 Å². The molecule has 0 radical (unpaired) electrons. The lowest BCUT2D eigenvalue weighted by Crippen LogP contribution is -2.15. The molecule has 1 heteroatoms. The average Bonchev–Trinajstić information content (AvgIpc) is 1.63. The highest BCUT2D eigenvalue weighted by molar-refractivity contribution is 6.80. The van der Waals surface area contributed by atoms with Gasteiger partial charge in [-0.1, -0.05) is 37.5 Å². The van der Waals surface area contributed by atoms with Crippen molar-refractivity contribution in [3.8, 4) is 0 Å². The van der Waals surface area contributed by atoms with Crippen LogP contribution >= 0.6 is 0 Å². The molecule has 0 aliphatic carbocycles. The quantitative estimate of drug-likeness (QED) is 0.417. The summed E-state index contributed by atoms with van der Waals surface area (Å²) in [5.74, 6) is 0. The van der Waals surface area contributed by atoms with Gasteiger partial charge in [0.1, 0.15) is 0 Å². The van der Waals surface area contributed by atoms with E-state index < -0.39 is 8.07 Å². The SMILES string of the molecule is C=CC/C=C/[Si](C)(C)C. The molecule has 0 saturated heterocycles. The van der Waals surface area contributed by atoms with Crippen molar-refractivity contribution in [1.82, 2.24) is 0 Å². The second-order valence-corrected chi connectivity index (χ2v) is 8.36. The molecule has 0 bridgehead atoms. The number of allylic oxidation sites excluding steroid dienone is 2. The van der Waals surface area contributed by atoms with E-state index in [1.54, 1.807) is 0 Å². The van der Waals surface area contributed by atoms with Gasteiger partial charge in [-0.25, -0.2) is 0 Å². The Morgan fingerprint density at radius 1 is 1.33 bits per heavy atom. The van der Waals surface area contributed by atoms with Crippen molar-refractivity contribution in [3.05, 3.63) is 24.4 Å². The zero-order valence-corrected chi connectivity index (χ0v) is 7.65. The van der Waals surface area contributed by atoms with Gasteiger partial charge in [0, 0.05) is 0 Å². The van der Waals surface area contributed by atoms with Crippen molar-refractivity contribution in [3.63, 3.8) is 0 Å². The molecule has 0 fully saturated rings. The van der Waals surface area contributed by atoms with Crippen LogP contribution in [-0.4, -0.2) is 8.07 Å². The molecule has 0 atom stereocenters. The van der Waals surface area contributed by atoms with E-state index >= 15 is 0 Å². The summed E-state index contributed by atoms with van der Waals surface area (Å²) < 4.78 is 0. The number of hydrogen-bond acceptors (Lipinski definition) is 0. The Bertz CT molecular complexity index is 106. The highest BCUT2D eigenvalue weighted by atomic mass is 28.3. The molecule has 0 aromatic rings. The van der Waals surface area contributed by atoms with Crippen LogP contribution in [0.2, 0.25) is 19.6 Å². The fourth-order valence-electron chi connectivity index (χ4n) is 0.518. The molecule has 0 nitrogen and oxygen atoms in total. The molecule has 0 aliphatic rings. The summed E-state index contributed by atoms with van der Waals surface area (Å²) in [5, 5.41) is 0. The summed E-state index contributed by atoms with van der Waals surface area (Å²) in [7, 11) is -0.923. The molecule has 9 heavy (non-hydrogen) atoms. The highest BCUT2D eigenvalue weighted by Gasteiger charge is 2.05. The Kier molecular flexibility index (Phi) is 3.55. The van der Waals surface area contributed by atoms with Crippen LogP contribution in [0.25, 0.3) is 0 Å². The summed E-state index contributed by atoms with van der Waals surface area (Å²) in [6.45, 7) is 10.6. The Morgan fingerprint density at radius 2 is 1.89 bits per heavy atom. The monoisotopic (exact) mass is 140 g/mol. The maximum Gasteiger partial charge on any atom is 0.0683 e. The first kappa shape index (κ1) is 8.70. The summed E-state index contributed by atoms with van der Waals surface area (Å²) >= 11 is 0. The summed E-state index contributed by atoms with van der Waals surface area (Å²) in [5.41, 5.74) is 2.34. The largest absolute Gasteiger partial charge is 0.103 e. The lowest BCUT2D eigenvalue weighted by Gasteiger charge is -2.06. The third-order valence-electron chi connectivity index (χ3n) is 0.921. The molecule has 0 unspecified atom stereocenters. The Labute approximate surface area is 59.3 Å². The zero-order valence-electron chi connectivity index (χ0n) is 6.65. The van der Waals surface area contributed by atoms with Crippen LogP contribution in [0.1, 0.15) is 6.42 Å². The molecule has 52 valence electrons. The Balaban J connectivity index is 3.57. The smallest absolute Gasteiger partial charge is 0.0683 e. The molecule has 0 aromatic carbocycles. The van der Waals surface area contributed by atoms with Gasteiger partial charge in [0.15, 0.2) is 0 Å². The lowest BCUT2D eigenvalue weighted by molar-refractivity contribution is 1.41. The minimum atomic E-state index is -0.923. The molecule has 0 amide bonds. The van der Waals surface area contributed by atoms with Gasteiger partial charge in [-0.3, -0.25) is 0 Å². The van der Waals surface area contributed by atoms with E-state index in [1.165, 1.54) is 0 Å². The second kappa shape index (κ2) is 3.67. The maximum absolute atomic E-state index is 3.64. The predicted molar refractivity (Wildman–Crippen MR) is 47.3 cm³/mol. The van der Waals surface area contributed by atoms with Crippen molar-refractivity contribution in [2.75, 3.05) is 0 Å². The molecule has 0 spiro atoms. The minimum absolute atomic E-state index is 0.923. The molecule has 0 rings (SSSR count). The van der Waals surface area contributed by atoms with Crippen molar-refractivity contribution in [2.24, 2.45) is 0 Å². The van der Waals surface area contributed by atoms with Crippen LogP contribution in [0.15, 0.2) is 24.4 Å². The zero-order chi connectivity index (χ0) is 7.33. The second-order valence-electron chi connectivity index (χ2n) is 3.29. The molecule has 0 aromatic heterocycles. The molecular formula is C8H16Si. The lowest BCUT2D eigenvalue weighted by atomic mass is 10.4. The van der Waals surface area contributed by atoms with Gasteiger partial charge in [0.2, 0.25) is 0 Å². The third kappa shape index (κ3) is 7.70. The summed E-state index contributed by atoms with van der Waals surface area (Å²) in [6, 6.07) is 0. The third-order valence-corrected chi connectivity index (χ3v) is 2.16. The first-order chi connectivity index (χ1) is 4.06. The fourth-order valence-corrected chi connectivity index (χ4v) is 1.36. The molecular weight excluding hydrogens is 124 g/mol. The van der Waals surface area contributed by atoms with Gasteiger partial charge in [-0.15, -0.1) is 6.58 Å². The van der Waals surface area contributed by atoms with Gasteiger partial charge in [-0.05, 0) is 6.42 Å². The Morgan fingerprint density at radius 3 is 2.22 bits per heavy atom. The molecule has 0 saturated carbocycles. The van der Waals surface area contributed by atoms with Crippen LogP contribution in [0, 0.1) is 0 Å². The van der Waals surface area contributed by atoms with Gasteiger partial charge in [0.05, 0.1) is 8.07 Å². The van der Waals surface area contributed by atoms with Gasteiger partial charge >= 0.3 is 0 Å². The minimum Gasteiger partial charge on any atom is -0.103 e. The normalized spacial score (nSPS) is 12.3. The van der Waals surface area contributed by atoms with E-state index in [1.807, 2.05) is 6.08 Å². The van der Waals surface area contributed by atoms with E-state index in [0.717, 1.165) is 6.42 Å². The predicted octanol–water partition coefficient (Wildman–Crippen LogP) is 3.00. The van der Waals surface area contributed by atoms with Gasteiger partial charge in [-0.2, -0.15) is 0 Å². The van der Waals surface area contributed by atoms with E-state index in [4.69, 9.17) is 0 Å². The number of hydrogen-bond donors (Lipinski definition) is 0. The highest BCUT2D eigenvalue weighted by Crippen LogP contribution is 2.02.